The largest absolute Gasteiger partial charge is 0.495 e. The van der Waals surface area contributed by atoms with Gasteiger partial charge in [-0.05, 0) is 37.6 Å². The quantitative estimate of drug-likeness (QED) is 0.513. The molecule has 27 heavy (non-hydrogen) atoms. The fourth-order valence-electron chi connectivity index (χ4n) is 2.60. The first-order valence-corrected chi connectivity index (χ1v) is 8.92. The number of nitrogens with one attached hydrogen (secondary N) is 2. The zero-order chi connectivity index (χ0) is 19.6. The van der Waals surface area contributed by atoms with Crippen LogP contribution in [0.4, 0.5) is 10.5 Å². The fraction of sp³-hybridized carbons (Fsp3) is 0.500. The third-order valence-electron chi connectivity index (χ3n) is 4.03. The highest BCUT2D eigenvalue weighted by atomic mass is 16.5. The summed E-state index contributed by atoms with van der Waals surface area (Å²) < 4.78 is 10.7. The predicted molar refractivity (Wildman–Crippen MR) is 99.9 cm³/mol. The van der Waals surface area contributed by atoms with E-state index in [4.69, 9.17) is 15.2 Å². The number of hydrogen-bond acceptors (Lipinski definition) is 6. The number of amides is 4. The van der Waals surface area contributed by atoms with Crippen molar-refractivity contribution in [2.75, 3.05) is 44.9 Å². The summed E-state index contributed by atoms with van der Waals surface area (Å²) in [6.07, 6.45) is 1.70. The molecule has 4 amide bonds. The molecule has 1 aliphatic heterocycles. The van der Waals surface area contributed by atoms with Gasteiger partial charge in [0.05, 0.1) is 12.8 Å². The number of rotatable bonds is 10. The number of urea groups is 1. The molecule has 0 spiro atoms. The minimum absolute atomic E-state index is 0.190. The first-order chi connectivity index (χ1) is 13.1. The molecule has 0 aliphatic carbocycles. The zero-order valence-electron chi connectivity index (χ0n) is 15.5. The summed E-state index contributed by atoms with van der Waals surface area (Å²) in [6.45, 7) is 2.47. The Hall–Kier alpha value is -2.65. The van der Waals surface area contributed by atoms with Crippen LogP contribution < -0.4 is 26.0 Å². The fourth-order valence-corrected chi connectivity index (χ4v) is 2.60. The lowest BCUT2D eigenvalue weighted by Gasteiger charge is -2.28. The van der Waals surface area contributed by atoms with Crippen LogP contribution in [0.5, 0.6) is 5.75 Å². The second kappa shape index (κ2) is 10.5. The van der Waals surface area contributed by atoms with E-state index in [9.17, 15) is 14.4 Å². The number of methoxy groups -OCH3 is 1. The summed E-state index contributed by atoms with van der Waals surface area (Å²) in [7, 11) is 1.48. The van der Waals surface area contributed by atoms with Crippen LogP contribution in [0.15, 0.2) is 18.2 Å². The number of carbonyl (C=O) groups is 3. The van der Waals surface area contributed by atoms with E-state index >= 15 is 0 Å². The molecular weight excluding hydrogens is 352 g/mol. The molecule has 0 saturated carbocycles. The third kappa shape index (κ3) is 5.93. The molecule has 1 heterocycles. The van der Waals surface area contributed by atoms with E-state index in [-0.39, 0.29) is 24.8 Å². The van der Waals surface area contributed by atoms with Gasteiger partial charge in [0, 0.05) is 38.3 Å². The average Bonchev–Trinajstić information content (AvgIpc) is 2.66. The maximum Gasteiger partial charge on any atom is 0.328 e. The number of benzene rings is 1. The minimum Gasteiger partial charge on any atom is -0.495 e. The molecule has 0 radical (unpaired) electrons. The van der Waals surface area contributed by atoms with E-state index in [1.165, 1.54) is 12.0 Å². The van der Waals surface area contributed by atoms with Gasteiger partial charge in [0.1, 0.15) is 5.75 Å². The number of nitrogens with two attached hydrogens (primary N) is 1. The third-order valence-corrected chi connectivity index (χ3v) is 4.03. The van der Waals surface area contributed by atoms with Crippen molar-refractivity contribution >= 4 is 23.5 Å². The minimum atomic E-state index is -0.531. The van der Waals surface area contributed by atoms with Gasteiger partial charge < -0.3 is 20.5 Å². The van der Waals surface area contributed by atoms with Crippen molar-refractivity contribution in [3.63, 3.8) is 0 Å². The number of carbonyl (C=O) groups excluding carboxylic acids is 3. The Balaban J connectivity index is 1.96. The molecule has 2 rings (SSSR count). The Bertz CT molecular complexity index is 680. The molecule has 1 saturated heterocycles. The van der Waals surface area contributed by atoms with Gasteiger partial charge >= 0.3 is 6.03 Å². The summed E-state index contributed by atoms with van der Waals surface area (Å²) in [5, 5.41) is 5.08. The van der Waals surface area contributed by atoms with Crippen molar-refractivity contribution < 1.29 is 23.9 Å². The molecule has 1 aliphatic rings. The molecular formula is C18H26N4O5. The van der Waals surface area contributed by atoms with Crippen molar-refractivity contribution in [1.29, 1.82) is 0 Å². The molecule has 1 fully saturated rings. The molecule has 0 atom stereocenters. The van der Waals surface area contributed by atoms with Crippen LogP contribution in [0.1, 0.15) is 29.6 Å². The van der Waals surface area contributed by atoms with Crippen LogP contribution in [0.2, 0.25) is 0 Å². The average molecular weight is 378 g/mol. The van der Waals surface area contributed by atoms with Crippen LogP contribution in [-0.4, -0.2) is 57.8 Å². The van der Waals surface area contributed by atoms with Crippen molar-refractivity contribution in [1.82, 2.24) is 10.6 Å². The second-order valence-corrected chi connectivity index (χ2v) is 6.01. The first-order valence-electron chi connectivity index (χ1n) is 8.92. The van der Waals surface area contributed by atoms with Crippen LogP contribution in [0, 0.1) is 0 Å². The second-order valence-electron chi connectivity index (χ2n) is 6.01. The molecule has 0 aromatic heterocycles. The maximum absolute atomic E-state index is 12.4. The van der Waals surface area contributed by atoms with Crippen LogP contribution >= 0.6 is 0 Å². The number of anilines is 1. The van der Waals surface area contributed by atoms with Gasteiger partial charge in [-0.2, -0.15) is 0 Å². The maximum atomic E-state index is 12.4. The van der Waals surface area contributed by atoms with Crippen LogP contribution in [-0.2, 0) is 9.53 Å². The standard InChI is InChI=1S/C18H26N4O5/c1-26-15-5-4-13(17(24)20-8-3-11-27-10-2-7-19)12-14(15)22-9-6-16(23)21-18(22)25/h4-5,12H,2-3,6-11,19H2,1H3,(H,20,24)(H,21,23,25). The lowest BCUT2D eigenvalue weighted by Crippen LogP contribution is -2.49. The summed E-state index contributed by atoms with van der Waals surface area (Å²) >= 11 is 0. The van der Waals surface area contributed by atoms with E-state index in [0.717, 1.165) is 6.42 Å². The van der Waals surface area contributed by atoms with Gasteiger partial charge in [-0.1, -0.05) is 0 Å². The molecule has 1 aromatic rings. The van der Waals surface area contributed by atoms with Crippen molar-refractivity contribution in [2.24, 2.45) is 5.73 Å². The van der Waals surface area contributed by atoms with E-state index in [2.05, 4.69) is 10.6 Å². The Morgan fingerprint density at radius 2 is 2.07 bits per heavy atom. The molecule has 148 valence electrons. The molecule has 1 aromatic carbocycles. The van der Waals surface area contributed by atoms with Gasteiger partial charge in [-0.15, -0.1) is 0 Å². The van der Waals surface area contributed by atoms with E-state index in [1.54, 1.807) is 18.2 Å². The van der Waals surface area contributed by atoms with Crippen molar-refractivity contribution in [2.45, 2.75) is 19.3 Å². The Kier molecular flexibility index (Phi) is 8.02. The predicted octanol–water partition coefficient (Wildman–Crippen LogP) is 0.627. The highest BCUT2D eigenvalue weighted by Gasteiger charge is 2.27. The van der Waals surface area contributed by atoms with Crippen molar-refractivity contribution in [3.8, 4) is 5.75 Å². The smallest absolute Gasteiger partial charge is 0.328 e. The monoisotopic (exact) mass is 378 g/mol. The highest BCUT2D eigenvalue weighted by molar-refractivity contribution is 6.07. The Morgan fingerprint density at radius 1 is 1.30 bits per heavy atom. The summed E-state index contributed by atoms with van der Waals surface area (Å²) in [5.74, 6) is -0.128. The van der Waals surface area contributed by atoms with E-state index in [1.807, 2.05) is 0 Å². The van der Waals surface area contributed by atoms with Gasteiger partial charge in [-0.3, -0.25) is 19.8 Å². The number of nitrogens with zero attached hydrogens (tertiary/aromatic N) is 1. The summed E-state index contributed by atoms with van der Waals surface area (Å²) in [6, 6.07) is 4.31. The molecule has 9 nitrogen and oxygen atoms in total. The lowest BCUT2D eigenvalue weighted by atomic mass is 10.1. The zero-order valence-corrected chi connectivity index (χ0v) is 15.5. The van der Waals surface area contributed by atoms with Gasteiger partial charge in [0.2, 0.25) is 5.91 Å². The molecule has 9 heteroatoms. The molecule has 4 N–H and O–H groups in total. The summed E-state index contributed by atoms with van der Waals surface area (Å²) in [5.41, 5.74) is 6.23. The van der Waals surface area contributed by atoms with Gasteiger partial charge in [0.25, 0.3) is 5.91 Å². The van der Waals surface area contributed by atoms with Gasteiger partial charge in [-0.25, -0.2) is 4.79 Å². The van der Waals surface area contributed by atoms with Crippen molar-refractivity contribution in [3.05, 3.63) is 23.8 Å². The first kappa shape index (κ1) is 20.7. The Labute approximate surface area is 158 Å². The van der Waals surface area contributed by atoms with Crippen LogP contribution in [0.3, 0.4) is 0 Å². The molecule has 0 bridgehead atoms. The number of imide groups is 1. The Morgan fingerprint density at radius 3 is 2.78 bits per heavy atom. The highest BCUT2D eigenvalue weighted by Crippen LogP contribution is 2.30. The van der Waals surface area contributed by atoms with Crippen LogP contribution in [0.25, 0.3) is 0 Å². The van der Waals surface area contributed by atoms with E-state index < -0.39 is 6.03 Å². The normalized spacial score (nSPS) is 14.1. The topological polar surface area (TPSA) is 123 Å². The van der Waals surface area contributed by atoms with Gasteiger partial charge in [0.15, 0.2) is 0 Å². The lowest BCUT2D eigenvalue weighted by molar-refractivity contribution is -0.120. The summed E-state index contributed by atoms with van der Waals surface area (Å²) in [4.78, 5) is 37.2. The number of ether oxygens (including phenoxy) is 2. The van der Waals surface area contributed by atoms with E-state index in [0.29, 0.717) is 49.7 Å². The molecule has 0 unspecified atom stereocenters. The number of hydrogen-bond donors (Lipinski definition) is 3. The SMILES string of the molecule is COc1ccc(C(=O)NCCCOCCCN)cc1N1CCC(=O)NC1=O.